The van der Waals surface area contributed by atoms with Gasteiger partial charge in [0.1, 0.15) is 11.9 Å². The molecule has 0 radical (unpaired) electrons. The van der Waals surface area contributed by atoms with Crippen molar-refractivity contribution in [3.05, 3.63) is 84.2 Å². The van der Waals surface area contributed by atoms with Crippen molar-refractivity contribution in [2.24, 2.45) is 11.8 Å². The van der Waals surface area contributed by atoms with E-state index in [9.17, 15) is 9.59 Å². The second-order valence-electron chi connectivity index (χ2n) is 14.2. The molecule has 2 aromatic heterocycles. The van der Waals surface area contributed by atoms with Crippen LogP contribution in [-0.4, -0.2) is 51.5 Å². The van der Waals surface area contributed by atoms with Crippen molar-refractivity contribution in [3.8, 4) is 16.9 Å². The number of hydrogen-bond acceptors (Lipinski definition) is 6. The first-order valence-corrected chi connectivity index (χ1v) is 18.0. The topological polar surface area (TPSA) is 114 Å². The number of rotatable bonds is 11. The van der Waals surface area contributed by atoms with Crippen LogP contribution >= 0.6 is 0 Å². The molecule has 2 heterocycles. The van der Waals surface area contributed by atoms with Crippen LogP contribution in [0.2, 0.25) is 0 Å². The summed E-state index contributed by atoms with van der Waals surface area (Å²) >= 11 is 0. The fourth-order valence-electron chi connectivity index (χ4n) is 7.69. The predicted octanol–water partition coefficient (Wildman–Crippen LogP) is 7.72. The first-order chi connectivity index (χ1) is 23.9. The van der Waals surface area contributed by atoms with Gasteiger partial charge in [-0.25, -0.2) is 9.78 Å². The van der Waals surface area contributed by atoms with Gasteiger partial charge in [-0.05, 0) is 118 Å². The molecule has 0 spiro atoms. The zero-order valence-electron chi connectivity index (χ0n) is 28.6. The molecule has 2 amide bonds. The maximum Gasteiger partial charge on any atom is 0.407 e. The number of alkyl carbamates (subject to hydrolysis) is 1. The van der Waals surface area contributed by atoms with Gasteiger partial charge in [0, 0.05) is 36.1 Å². The molecule has 0 saturated heterocycles. The minimum atomic E-state index is -0.443. The standard InChI is InChI=1S/C39H48N6O4/c1-26-18-31(12-17-37(26)48-2)28-8-6-27(7-9-28)23-44(35-5-3-4-30(19-35)32-20-43-45(24-32)34-13-14-34)38(46)29-10-15-36(16-11-29)49-39(47)41-22-33-21-40-25-42-33/h3-5,12,17-21,24-25,27-29,34,36H,6-11,13-16,22-23H2,1-2H3,(H,40,42)(H,41,47)/t27-,28-,29-,36-. The summed E-state index contributed by atoms with van der Waals surface area (Å²) in [5.41, 5.74) is 6.43. The minimum absolute atomic E-state index is 0.105. The highest BCUT2D eigenvalue weighted by Crippen LogP contribution is 2.40. The summed E-state index contributed by atoms with van der Waals surface area (Å²) in [7, 11) is 1.72. The molecule has 4 aromatic rings. The van der Waals surface area contributed by atoms with Crippen molar-refractivity contribution in [1.29, 1.82) is 0 Å². The highest BCUT2D eigenvalue weighted by molar-refractivity contribution is 5.95. The number of anilines is 1. The van der Waals surface area contributed by atoms with Crippen LogP contribution in [0.3, 0.4) is 0 Å². The van der Waals surface area contributed by atoms with Gasteiger partial charge in [0.2, 0.25) is 5.91 Å². The number of ether oxygens (including phenoxy) is 2. The van der Waals surface area contributed by atoms with Gasteiger partial charge in [-0.1, -0.05) is 24.3 Å². The Bertz CT molecular complexity index is 1710. The van der Waals surface area contributed by atoms with Gasteiger partial charge in [-0.2, -0.15) is 5.10 Å². The zero-order valence-corrected chi connectivity index (χ0v) is 28.6. The number of benzene rings is 2. The SMILES string of the molecule is COc1ccc([C@H]2CC[C@H](CN(c3cccc(-c4cnn(C5CC5)c4)c3)C(=O)[C@H]3CC[C@H](OC(=O)NCc4c[nH]cn4)CC3)CC2)cc1C. The molecule has 2 aromatic carbocycles. The van der Waals surface area contributed by atoms with Gasteiger partial charge in [-0.15, -0.1) is 0 Å². The number of aromatic nitrogens is 4. The van der Waals surface area contributed by atoms with E-state index >= 15 is 0 Å². The molecule has 3 aliphatic carbocycles. The highest BCUT2D eigenvalue weighted by Gasteiger charge is 2.34. The average molecular weight is 665 g/mol. The van der Waals surface area contributed by atoms with Crippen LogP contribution in [-0.2, 0) is 16.1 Å². The van der Waals surface area contributed by atoms with Crippen molar-refractivity contribution in [2.75, 3.05) is 18.6 Å². The second kappa shape index (κ2) is 14.9. The van der Waals surface area contributed by atoms with Crippen LogP contribution in [0.5, 0.6) is 5.75 Å². The van der Waals surface area contributed by atoms with Crippen molar-refractivity contribution in [2.45, 2.75) is 95.7 Å². The third-order valence-corrected chi connectivity index (χ3v) is 10.7. The lowest BCUT2D eigenvalue weighted by Gasteiger charge is -2.36. The van der Waals surface area contributed by atoms with E-state index in [1.807, 2.05) is 6.20 Å². The van der Waals surface area contributed by atoms with E-state index < -0.39 is 6.09 Å². The van der Waals surface area contributed by atoms with Gasteiger partial charge < -0.3 is 24.7 Å². The summed E-state index contributed by atoms with van der Waals surface area (Å²) in [6.07, 6.45) is 16.3. The number of hydrogen-bond donors (Lipinski definition) is 2. The summed E-state index contributed by atoms with van der Waals surface area (Å²) in [6, 6.07) is 15.5. The van der Waals surface area contributed by atoms with Gasteiger partial charge in [0.25, 0.3) is 0 Å². The van der Waals surface area contributed by atoms with Gasteiger partial charge >= 0.3 is 6.09 Å². The van der Waals surface area contributed by atoms with E-state index in [2.05, 4.69) is 85.6 Å². The number of imidazole rings is 1. The zero-order chi connectivity index (χ0) is 33.7. The maximum atomic E-state index is 14.4. The largest absolute Gasteiger partial charge is 0.496 e. The third-order valence-electron chi connectivity index (χ3n) is 10.7. The lowest BCUT2D eigenvalue weighted by Crippen LogP contribution is -2.42. The van der Waals surface area contributed by atoms with Crippen LogP contribution < -0.4 is 15.0 Å². The first kappa shape index (κ1) is 32.9. The Morgan fingerprint density at radius 1 is 0.980 bits per heavy atom. The van der Waals surface area contributed by atoms with Crippen molar-refractivity contribution in [3.63, 3.8) is 0 Å². The third kappa shape index (κ3) is 8.00. The molecule has 0 unspecified atom stereocenters. The molecule has 10 heteroatoms. The Morgan fingerprint density at radius 2 is 1.80 bits per heavy atom. The number of H-pyrrole nitrogens is 1. The molecule has 3 saturated carbocycles. The quantitative estimate of drug-likeness (QED) is 0.170. The Balaban J connectivity index is 1.02. The van der Waals surface area contributed by atoms with E-state index in [-0.39, 0.29) is 17.9 Å². The van der Waals surface area contributed by atoms with Crippen molar-refractivity contribution in [1.82, 2.24) is 25.1 Å². The number of carbonyl (C=O) groups is 2. The van der Waals surface area contributed by atoms with Crippen molar-refractivity contribution >= 4 is 17.7 Å². The number of methoxy groups -OCH3 is 1. The molecule has 7 rings (SSSR count). The number of amides is 2. The fourth-order valence-corrected chi connectivity index (χ4v) is 7.69. The fraction of sp³-hybridized carbons (Fsp3) is 0.487. The number of aromatic amines is 1. The van der Waals surface area contributed by atoms with E-state index in [0.29, 0.717) is 56.7 Å². The molecule has 10 nitrogen and oxygen atoms in total. The van der Waals surface area contributed by atoms with E-state index in [1.54, 1.807) is 19.6 Å². The summed E-state index contributed by atoms with van der Waals surface area (Å²) in [5.74, 6) is 1.97. The van der Waals surface area contributed by atoms with E-state index in [1.165, 1.54) is 24.0 Å². The molecular weight excluding hydrogens is 616 g/mol. The Morgan fingerprint density at radius 3 is 2.51 bits per heavy atom. The molecule has 3 fully saturated rings. The van der Waals surface area contributed by atoms with Crippen LogP contribution in [0.4, 0.5) is 10.5 Å². The lowest BCUT2D eigenvalue weighted by atomic mass is 9.78. The Hall–Kier alpha value is -4.60. The number of nitrogens with one attached hydrogen (secondary N) is 2. The predicted molar refractivity (Wildman–Crippen MR) is 188 cm³/mol. The monoisotopic (exact) mass is 664 g/mol. The Kier molecular flexibility index (Phi) is 10.0. The van der Waals surface area contributed by atoms with Gasteiger partial charge in [-0.3, -0.25) is 9.48 Å². The second-order valence-corrected chi connectivity index (χ2v) is 14.2. The Labute approximate surface area is 288 Å². The normalized spacial score (nSPS) is 22.3. The molecule has 0 atom stereocenters. The number of nitrogens with zero attached hydrogens (tertiary/aromatic N) is 4. The first-order valence-electron chi connectivity index (χ1n) is 18.0. The molecule has 2 N–H and O–H groups in total. The van der Waals surface area contributed by atoms with Crippen LogP contribution in [0, 0.1) is 18.8 Å². The minimum Gasteiger partial charge on any atom is -0.496 e. The number of carbonyl (C=O) groups excluding carboxylic acids is 2. The molecular formula is C39H48N6O4. The number of aryl methyl sites for hydroxylation is 1. The van der Waals surface area contributed by atoms with Crippen LogP contribution in [0.25, 0.3) is 11.1 Å². The summed E-state index contributed by atoms with van der Waals surface area (Å²) in [5, 5.41) is 7.39. The van der Waals surface area contributed by atoms with Crippen LogP contribution in [0.1, 0.15) is 93.0 Å². The average Bonchev–Trinajstić information content (AvgIpc) is 3.61. The summed E-state index contributed by atoms with van der Waals surface area (Å²) in [6.45, 7) is 3.14. The molecule has 49 heavy (non-hydrogen) atoms. The molecule has 0 bridgehead atoms. The molecule has 258 valence electrons. The van der Waals surface area contributed by atoms with Gasteiger partial charge in [0.15, 0.2) is 0 Å². The molecule has 0 aliphatic heterocycles. The molecule has 3 aliphatic rings. The maximum absolute atomic E-state index is 14.4. The van der Waals surface area contributed by atoms with E-state index in [4.69, 9.17) is 9.47 Å². The highest BCUT2D eigenvalue weighted by atomic mass is 16.6. The summed E-state index contributed by atoms with van der Waals surface area (Å²) in [4.78, 5) is 35.9. The summed E-state index contributed by atoms with van der Waals surface area (Å²) < 4.78 is 13.3. The van der Waals surface area contributed by atoms with Gasteiger partial charge in [0.05, 0.1) is 37.9 Å². The van der Waals surface area contributed by atoms with Crippen molar-refractivity contribution < 1.29 is 19.1 Å². The van der Waals surface area contributed by atoms with Crippen LogP contribution in [0.15, 0.2) is 67.4 Å². The smallest absolute Gasteiger partial charge is 0.407 e. The van der Waals surface area contributed by atoms with E-state index in [0.717, 1.165) is 53.9 Å². The lowest BCUT2D eigenvalue weighted by molar-refractivity contribution is -0.124.